The molecule has 3 aromatic rings. The predicted molar refractivity (Wildman–Crippen MR) is 115 cm³/mol. The Morgan fingerprint density at radius 2 is 1.79 bits per heavy atom. The van der Waals surface area contributed by atoms with Gasteiger partial charge >= 0.3 is 180 Å². The fourth-order valence-corrected chi connectivity index (χ4v) is 6.38. The van der Waals surface area contributed by atoms with E-state index < -0.39 is 21.4 Å². The molecule has 6 heteroatoms. The molecule has 0 N–H and O–H groups in total. The van der Waals surface area contributed by atoms with E-state index in [9.17, 15) is 4.79 Å². The number of nitrogens with zero attached hydrogens (tertiary/aromatic N) is 3. The van der Waals surface area contributed by atoms with Crippen molar-refractivity contribution in [1.29, 1.82) is 0 Å². The molecule has 0 saturated carbocycles. The minimum absolute atomic E-state index is 0.0498. The molecule has 5 nitrogen and oxygen atoms in total. The third-order valence-electron chi connectivity index (χ3n) is 5.22. The summed E-state index contributed by atoms with van der Waals surface area (Å²) in [7, 11) is 0. The van der Waals surface area contributed by atoms with Gasteiger partial charge in [0.15, 0.2) is 0 Å². The number of rotatable bonds is 4. The number of benzene rings is 2. The molecule has 1 saturated heterocycles. The molecule has 1 fully saturated rings. The topological polar surface area (TPSA) is 54.8 Å². The molecule has 5 rings (SSSR count). The maximum absolute atomic E-state index is 12.9. The summed E-state index contributed by atoms with van der Waals surface area (Å²) in [5.41, 5.74) is 4.61. The third-order valence-corrected chi connectivity index (χ3v) is 8.10. The van der Waals surface area contributed by atoms with Crippen LogP contribution in [0.25, 0.3) is 0 Å². The van der Waals surface area contributed by atoms with E-state index in [0.29, 0.717) is 11.1 Å². The third kappa shape index (κ3) is 3.72. The average molecular weight is 488 g/mol. The number of morpholine rings is 1. The standard InChI is InChI=1S/C23H19N3O2.Sn/c24-22(19-9-10-25-21(16-19)26-11-13-28-14-12-26)18-7-4-8-20(15-18)23(27)17-5-2-1-3-6-17;/h1-6,8-10,15-16H,11-14H2;/q-1;+1. The maximum atomic E-state index is 12.9. The molecule has 0 bridgehead atoms. The summed E-state index contributed by atoms with van der Waals surface area (Å²) >= 11 is -1.02. The van der Waals surface area contributed by atoms with E-state index in [0.717, 1.165) is 49.0 Å². The SMILES string of the molecule is O=C(c1ccccc1)c1cc[c]2c(c1)C(c1ccnc(N3CCOCC3)c1)=[N][Sn]2. The number of pyridine rings is 1. The van der Waals surface area contributed by atoms with Gasteiger partial charge in [-0.05, 0) is 0 Å². The molecule has 142 valence electrons. The number of ether oxygens (including phenoxy) is 1. The van der Waals surface area contributed by atoms with E-state index in [2.05, 4.69) is 22.0 Å². The van der Waals surface area contributed by atoms with Crippen LogP contribution in [0.5, 0.6) is 0 Å². The summed E-state index contributed by atoms with van der Waals surface area (Å²) in [6, 6.07) is 19.6. The zero-order valence-electron chi connectivity index (χ0n) is 15.8. The summed E-state index contributed by atoms with van der Waals surface area (Å²) < 4.78 is 11.7. The second-order valence-corrected chi connectivity index (χ2v) is 9.84. The molecule has 2 aromatic carbocycles. The van der Waals surface area contributed by atoms with Crippen LogP contribution in [0.15, 0.2) is 70.1 Å². The van der Waals surface area contributed by atoms with Crippen molar-refractivity contribution in [3.8, 4) is 0 Å². The molecule has 2 aliphatic heterocycles. The normalized spacial score (nSPS) is 15.7. The zero-order valence-corrected chi connectivity index (χ0v) is 18.7. The van der Waals surface area contributed by atoms with Crippen LogP contribution in [0.2, 0.25) is 0 Å². The van der Waals surface area contributed by atoms with E-state index in [4.69, 9.17) is 7.95 Å². The Morgan fingerprint density at radius 1 is 0.966 bits per heavy atom. The van der Waals surface area contributed by atoms with Gasteiger partial charge in [0.2, 0.25) is 0 Å². The van der Waals surface area contributed by atoms with E-state index in [1.807, 2.05) is 54.7 Å². The van der Waals surface area contributed by atoms with Gasteiger partial charge in [0.1, 0.15) is 0 Å². The number of ketones is 1. The summed E-state index contributed by atoms with van der Waals surface area (Å²) in [5, 5.41) is 0. The van der Waals surface area contributed by atoms with Crippen molar-refractivity contribution in [3.05, 3.63) is 89.1 Å². The van der Waals surface area contributed by atoms with Crippen molar-refractivity contribution < 1.29 is 9.53 Å². The Morgan fingerprint density at radius 3 is 2.62 bits per heavy atom. The van der Waals surface area contributed by atoms with Crippen LogP contribution >= 0.6 is 0 Å². The number of fused-ring (bicyclic) bond motifs is 1. The molecule has 0 atom stereocenters. The second kappa shape index (κ2) is 8.08. The number of anilines is 1. The van der Waals surface area contributed by atoms with E-state index in [-0.39, 0.29) is 5.78 Å². The Hall–Kier alpha value is -2.51. The number of hydrogen-bond donors (Lipinski definition) is 0. The molecule has 1 aromatic heterocycles. The second-order valence-electron chi connectivity index (χ2n) is 7.03. The Balaban J connectivity index is 1.47. The molecule has 29 heavy (non-hydrogen) atoms. The van der Waals surface area contributed by atoms with Gasteiger partial charge in [-0.3, -0.25) is 0 Å². The van der Waals surface area contributed by atoms with Crippen LogP contribution in [-0.2, 0) is 4.74 Å². The first-order valence-corrected chi connectivity index (χ1v) is 12.4. The van der Waals surface area contributed by atoms with Crippen LogP contribution < -0.4 is 8.48 Å². The Bertz CT molecular complexity index is 1090. The van der Waals surface area contributed by atoms with Crippen LogP contribution in [0.1, 0.15) is 27.0 Å². The Labute approximate surface area is 180 Å². The zero-order chi connectivity index (χ0) is 19.6. The van der Waals surface area contributed by atoms with Gasteiger partial charge < -0.3 is 0 Å². The van der Waals surface area contributed by atoms with Gasteiger partial charge in [0.25, 0.3) is 0 Å². The van der Waals surface area contributed by atoms with E-state index in [1.54, 1.807) is 0 Å². The first-order chi connectivity index (χ1) is 14.3. The van der Waals surface area contributed by atoms with E-state index >= 15 is 0 Å². The molecular weight excluding hydrogens is 469 g/mol. The summed E-state index contributed by atoms with van der Waals surface area (Å²) in [5.74, 6) is 1.01. The molecule has 0 spiro atoms. The van der Waals surface area contributed by atoms with Crippen molar-refractivity contribution in [3.63, 3.8) is 0 Å². The monoisotopic (exact) mass is 489 g/mol. The van der Waals surface area contributed by atoms with Crippen molar-refractivity contribution in [2.75, 3.05) is 31.2 Å². The number of carbonyl (C=O) groups excluding carboxylic acids is 1. The Kier molecular flexibility index (Phi) is 5.16. The van der Waals surface area contributed by atoms with Gasteiger partial charge in [-0.1, -0.05) is 0 Å². The minimum atomic E-state index is -1.02. The number of aromatic nitrogens is 1. The van der Waals surface area contributed by atoms with Gasteiger partial charge in [-0.15, -0.1) is 0 Å². The first kappa shape index (κ1) is 18.5. The molecule has 2 radical (unpaired) electrons. The number of carbonyl (C=O) groups is 1. The van der Waals surface area contributed by atoms with Gasteiger partial charge in [0.05, 0.1) is 0 Å². The molecule has 3 heterocycles. The molecule has 0 amide bonds. The average Bonchev–Trinajstić information content (AvgIpc) is 3.23. The van der Waals surface area contributed by atoms with Gasteiger partial charge in [-0.2, -0.15) is 0 Å². The van der Waals surface area contributed by atoms with Crippen LogP contribution in [-0.4, -0.2) is 64.2 Å². The number of hydrogen-bond acceptors (Lipinski definition) is 5. The van der Waals surface area contributed by atoms with Crippen LogP contribution in [0.3, 0.4) is 0 Å². The first-order valence-electron chi connectivity index (χ1n) is 9.66. The van der Waals surface area contributed by atoms with Gasteiger partial charge in [-0.25, -0.2) is 0 Å². The fourth-order valence-electron chi connectivity index (χ4n) is 3.66. The summed E-state index contributed by atoms with van der Waals surface area (Å²) in [4.78, 5) is 19.7. The quantitative estimate of drug-likeness (QED) is 0.418. The van der Waals surface area contributed by atoms with Crippen molar-refractivity contribution in [1.82, 2.24) is 4.98 Å². The van der Waals surface area contributed by atoms with E-state index in [1.165, 1.54) is 3.58 Å². The molecular formula is C23H19N3O2Sn. The summed E-state index contributed by atoms with van der Waals surface area (Å²) in [6.45, 7) is 3.17. The fraction of sp³-hybridized carbons (Fsp3) is 0.174. The van der Waals surface area contributed by atoms with Crippen LogP contribution in [0.4, 0.5) is 5.82 Å². The molecule has 0 unspecified atom stereocenters. The van der Waals surface area contributed by atoms with Gasteiger partial charge in [0, 0.05) is 0 Å². The predicted octanol–water partition coefficient (Wildman–Crippen LogP) is 2.24. The van der Waals surface area contributed by atoms with Crippen molar-refractivity contribution in [2.24, 2.45) is 3.21 Å². The van der Waals surface area contributed by atoms with Crippen molar-refractivity contribution in [2.45, 2.75) is 0 Å². The van der Waals surface area contributed by atoms with Crippen molar-refractivity contribution >= 4 is 42.3 Å². The summed E-state index contributed by atoms with van der Waals surface area (Å²) in [6.07, 6.45) is 1.85. The molecule has 2 aliphatic rings. The molecule has 0 aliphatic carbocycles. The van der Waals surface area contributed by atoms with Crippen LogP contribution in [0, 0.1) is 0 Å².